The topological polar surface area (TPSA) is 64.6 Å². The van der Waals surface area contributed by atoms with E-state index in [2.05, 4.69) is 5.32 Å². The number of ether oxygens (including phenoxy) is 2. The number of methoxy groups -OCH3 is 1. The molecule has 126 valence electrons. The zero-order valence-corrected chi connectivity index (χ0v) is 13.6. The van der Waals surface area contributed by atoms with Crippen molar-refractivity contribution < 1.29 is 23.5 Å². The molecule has 0 atom stereocenters. The maximum Gasteiger partial charge on any atom is 0.338 e. The highest BCUT2D eigenvalue weighted by molar-refractivity contribution is 6.30. The van der Waals surface area contributed by atoms with Gasteiger partial charge in [-0.05, 0) is 35.9 Å². The summed E-state index contributed by atoms with van der Waals surface area (Å²) < 4.78 is 23.1. The fourth-order valence-electron chi connectivity index (χ4n) is 1.86. The SMILES string of the molecule is COc1ccc(C(=O)OCC(=O)NCc2ccc(Cl)cc2)cc1F. The summed E-state index contributed by atoms with van der Waals surface area (Å²) in [5, 5.41) is 3.20. The first-order valence-corrected chi connectivity index (χ1v) is 7.39. The maximum atomic E-state index is 13.5. The third-order valence-electron chi connectivity index (χ3n) is 3.12. The standard InChI is InChI=1S/C17H15ClFNO4/c1-23-15-7-4-12(8-14(15)19)17(22)24-10-16(21)20-9-11-2-5-13(18)6-3-11/h2-8H,9-10H2,1H3,(H,20,21). The minimum absolute atomic E-state index is 0.00111. The van der Waals surface area contributed by atoms with E-state index in [0.717, 1.165) is 11.6 Å². The van der Waals surface area contributed by atoms with E-state index in [1.54, 1.807) is 24.3 Å². The number of amides is 1. The van der Waals surface area contributed by atoms with Gasteiger partial charge in [-0.25, -0.2) is 9.18 Å². The molecule has 7 heteroatoms. The van der Waals surface area contributed by atoms with Crippen LogP contribution in [0.15, 0.2) is 42.5 Å². The summed E-state index contributed by atoms with van der Waals surface area (Å²) in [5.74, 6) is -1.92. The number of benzene rings is 2. The molecular formula is C17H15ClFNO4. The Morgan fingerprint density at radius 2 is 1.88 bits per heavy atom. The lowest BCUT2D eigenvalue weighted by atomic mass is 10.2. The number of nitrogens with one attached hydrogen (secondary N) is 1. The smallest absolute Gasteiger partial charge is 0.338 e. The summed E-state index contributed by atoms with van der Waals surface area (Å²) in [6.45, 7) is -0.176. The first kappa shape index (κ1) is 17.7. The van der Waals surface area contributed by atoms with Crippen molar-refractivity contribution in [3.8, 4) is 5.75 Å². The van der Waals surface area contributed by atoms with Gasteiger partial charge < -0.3 is 14.8 Å². The largest absolute Gasteiger partial charge is 0.494 e. The molecule has 1 amide bonds. The van der Waals surface area contributed by atoms with Gasteiger partial charge in [0, 0.05) is 11.6 Å². The number of halogens is 2. The van der Waals surface area contributed by atoms with Crippen molar-refractivity contribution in [1.29, 1.82) is 0 Å². The lowest BCUT2D eigenvalue weighted by molar-refractivity contribution is -0.124. The number of rotatable bonds is 6. The van der Waals surface area contributed by atoms with Gasteiger partial charge in [-0.15, -0.1) is 0 Å². The van der Waals surface area contributed by atoms with E-state index in [1.807, 2.05) is 0 Å². The van der Waals surface area contributed by atoms with Crippen LogP contribution in [0.25, 0.3) is 0 Å². The Hall–Kier alpha value is -2.60. The van der Waals surface area contributed by atoms with Gasteiger partial charge >= 0.3 is 5.97 Å². The van der Waals surface area contributed by atoms with Gasteiger partial charge in [0.2, 0.25) is 0 Å². The molecule has 2 aromatic carbocycles. The predicted molar refractivity (Wildman–Crippen MR) is 86.5 cm³/mol. The summed E-state index contributed by atoms with van der Waals surface area (Å²) in [6, 6.07) is 10.6. The van der Waals surface area contributed by atoms with Crippen molar-refractivity contribution in [2.75, 3.05) is 13.7 Å². The molecule has 5 nitrogen and oxygen atoms in total. The van der Waals surface area contributed by atoms with Crippen molar-refractivity contribution in [2.45, 2.75) is 6.54 Å². The first-order valence-electron chi connectivity index (χ1n) is 7.01. The molecule has 24 heavy (non-hydrogen) atoms. The summed E-state index contributed by atoms with van der Waals surface area (Å²) in [7, 11) is 1.32. The Balaban J connectivity index is 1.81. The maximum absolute atomic E-state index is 13.5. The summed E-state index contributed by atoms with van der Waals surface area (Å²) in [5.41, 5.74) is 0.857. The van der Waals surface area contributed by atoms with E-state index in [0.29, 0.717) is 5.02 Å². The van der Waals surface area contributed by atoms with Crippen LogP contribution in [0.5, 0.6) is 5.75 Å². The highest BCUT2D eigenvalue weighted by Gasteiger charge is 2.13. The minimum Gasteiger partial charge on any atom is -0.494 e. The molecule has 0 aromatic heterocycles. The quantitative estimate of drug-likeness (QED) is 0.813. The number of hydrogen-bond acceptors (Lipinski definition) is 4. The van der Waals surface area contributed by atoms with Crippen molar-refractivity contribution in [2.24, 2.45) is 0 Å². The molecule has 0 aliphatic heterocycles. The van der Waals surface area contributed by atoms with Crippen LogP contribution in [0.2, 0.25) is 5.02 Å². The molecule has 0 fully saturated rings. The molecule has 0 radical (unpaired) electrons. The molecular weight excluding hydrogens is 337 g/mol. The average molecular weight is 352 g/mol. The zero-order valence-electron chi connectivity index (χ0n) is 12.8. The molecule has 0 aliphatic rings. The van der Waals surface area contributed by atoms with Gasteiger partial charge in [-0.3, -0.25) is 4.79 Å². The molecule has 0 spiro atoms. The van der Waals surface area contributed by atoms with Gasteiger partial charge in [-0.1, -0.05) is 23.7 Å². The lowest BCUT2D eigenvalue weighted by Gasteiger charge is -2.08. The van der Waals surface area contributed by atoms with Gasteiger partial charge in [0.1, 0.15) is 0 Å². The second-order valence-electron chi connectivity index (χ2n) is 4.83. The van der Waals surface area contributed by atoms with Crippen LogP contribution < -0.4 is 10.1 Å². The summed E-state index contributed by atoms with van der Waals surface area (Å²) in [6.07, 6.45) is 0. The van der Waals surface area contributed by atoms with Crippen molar-refractivity contribution in [3.05, 3.63) is 64.4 Å². The Morgan fingerprint density at radius 3 is 2.50 bits per heavy atom. The zero-order chi connectivity index (χ0) is 17.5. The highest BCUT2D eigenvalue weighted by atomic mass is 35.5. The van der Waals surface area contributed by atoms with E-state index in [-0.39, 0.29) is 17.9 Å². The molecule has 1 N–H and O–H groups in total. The average Bonchev–Trinajstić information content (AvgIpc) is 2.59. The summed E-state index contributed by atoms with van der Waals surface area (Å²) in [4.78, 5) is 23.5. The molecule has 0 bridgehead atoms. The Kier molecular flexibility index (Phi) is 6.14. The molecule has 0 aliphatic carbocycles. The number of esters is 1. The molecule has 2 aromatic rings. The van der Waals surface area contributed by atoms with Crippen LogP contribution in [-0.4, -0.2) is 25.6 Å². The highest BCUT2D eigenvalue weighted by Crippen LogP contribution is 2.18. The molecule has 0 unspecified atom stereocenters. The molecule has 0 saturated carbocycles. The van der Waals surface area contributed by atoms with E-state index in [9.17, 15) is 14.0 Å². The third kappa shape index (κ3) is 4.96. The van der Waals surface area contributed by atoms with Crippen LogP contribution in [0.4, 0.5) is 4.39 Å². The third-order valence-corrected chi connectivity index (χ3v) is 3.38. The lowest BCUT2D eigenvalue weighted by Crippen LogP contribution is -2.28. The van der Waals surface area contributed by atoms with Crippen molar-refractivity contribution in [1.82, 2.24) is 5.32 Å². The molecule has 2 rings (SSSR count). The molecule has 0 saturated heterocycles. The van der Waals surface area contributed by atoms with E-state index in [1.165, 1.54) is 19.2 Å². The fraction of sp³-hybridized carbons (Fsp3) is 0.176. The van der Waals surface area contributed by atoms with Gasteiger partial charge in [0.25, 0.3) is 5.91 Å². The monoisotopic (exact) mass is 351 g/mol. The number of hydrogen-bond donors (Lipinski definition) is 1. The van der Waals surface area contributed by atoms with E-state index in [4.69, 9.17) is 21.1 Å². The van der Waals surface area contributed by atoms with Gasteiger partial charge in [0.05, 0.1) is 12.7 Å². The predicted octanol–water partition coefficient (Wildman–Crippen LogP) is 2.96. The van der Waals surface area contributed by atoms with Crippen LogP contribution >= 0.6 is 11.6 Å². The normalized spacial score (nSPS) is 10.1. The van der Waals surface area contributed by atoms with Gasteiger partial charge in [-0.2, -0.15) is 0 Å². The van der Waals surface area contributed by atoms with E-state index < -0.39 is 24.3 Å². The minimum atomic E-state index is -0.793. The Morgan fingerprint density at radius 1 is 1.17 bits per heavy atom. The Bertz CT molecular complexity index is 734. The van der Waals surface area contributed by atoms with Crippen LogP contribution in [-0.2, 0) is 16.1 Å². The Labute approximate surface area is 143 Å². The van der Waals surface area contributed by atoms with Crippen LogP contribution in [0, 0.1) is 5.82 Å². The molecule has 0 heterocycles. The fourth-order valence-corrected chi connectivity index (χ4v) is 1.99. The summed E-state index contributed by atoms with van der Waals surface area (Å²) >= 11 is 5.77. The number of carbonyl (C=O) groups is 2. The van der Waals surface area contributed by atoms with E-state index >= 15 is 0 Å². The second kappa shape index (κ2) is 8.31. The van der Waals surface area contributed by atoms with Crippen molar-refractivity contribution >= 4 is 23.5 Å². The van der Waals surface area contributed by atoms with Crippen molar-refractivity contribution in [3.63, 3.8) is 0 Å². The van der Waals surface area contributed by atoms with Gasteiger partial charge in [0.15, 0.2) is 18.2 Å². The second-order valence-corrected chi connectivity index (χ2v) is 5.27. The van der Waals surface area contributed by atoms with Crippen LogP contribution in [0.3, 0.4) is 0 Å². The first-order chi connectivity index (χ1) is 11.5. The number of carbonyl (C=O) groups excluding carboxylic acids is 2. The van der Waals surface area contributed by atoms with Crippen LogP contribution in [0.1, 0.15) is 15.9 Å².